The number of aromatic nitrogens is 7. The van der Waals surface area contributed by atoms with Gasteiger partial charge in [0.2, 0.25) is 0 Å². The summed E-state index contributed by atoms with van der Waals surface area (Å²) < 4.78 is 4.09. The molecule has 1 saturated carbocycles. The summed E-state index contributed by atoms with van der Waals surface area (Å²) in [6, 6.07) is 12.3. The highest BCUT2D eigenvalue weighted by atomic mass is 16.1. The zero-order valence-corrected chi connectivity index (χ0v) is 22.9. The molecule has 1 aromatic carbocycles. The molecule has 38 heavy (non-hydrogen) atoms. The lowest BCUT2D eigenvalue weighted by Gasteiger charge is -2.43. The number of tetrazole rings is 1. The number of imidazole rings is 1. The fraction of sp³-hybridized carbons (Fsp3) is 0.500. The molecule has 0 aliphatic heterocycles. The van der Waals surface area contributed by atoms with Crippen molar-refractivity contribution < 1.29 is 0 Å². The summed E-state index contributed by atoms with van der Waals surface area (Å²) in [6.07, 6.45) is 14.2. The summed E-state index contributed by atoms with van der Waals surface area (Å²) in [4.78, 5) is 18.7. The summed E-state index contributed by atoms with van der Waals surface area (Å²) in [7, 11) is 0. The number of nitrogens with zero attached hydrogens (tertiary/aromatic N) is 6. The first-order chi connectivity index (χ1) is 18.6. The summed E-state index contributed by atoms with van der Waals surface area (Å²) >= 11 is 0. The van der Waals surface area contributed by atoms with E-state index >= 15 is 0 Å². The van der Waals surface area contributed by atoms with Crippen LogP contribution in [0.3, 0.4) is 0 Å². The summed E-state index contributed by atoms with van der Waals surface area (Å²) in [6.45, 7) is 7.33. The van der Waals surface area contributed by atoms with E-state index in [2.05, 4.69) is 58.2 Å². The maximum Gasteiger partial charge on any atom is 0.328 e. The molecule has 4 aromatic rings. The van der Waals surface area contributed by atoms with Crippen molar-refractivity contribution in [1.29, 1.82) is 0 Å². The molecule has 0 amide bonds. The SMILES string of the molecule is CCCCc1cn(C2CCCCC2(CC)CC)c(=O)n1Cc1ccc(-c2ccccc2-c2nnn[nH]2)nc1. The number of aromatic amines is 1. The van der Waals surface area contributed by atoms with Gasteiger partial charge in [0.05, 0.1) is 12.2 Å². The van der Waals surface area contributed by atoms with Gasteiger partial charge in [-0.15, -0.1) is 5.10 Å². The molecule has 8 nitrogen and oxygen atoms in total. The van der Waals surface area contributed by atoms with Gasteiger partial charge < -0.3 is 0 Å². The number of H-pyrrole nitrogens is 1. The zero-order chi connectivity index (χ0) is 26.5. The Morgan fingerprint density at radius 1 is 1.05 bits per heavy atom. The molecule has 0 bridgehead atoms. The van der Waals surface area contributed by atoms with Crippen LogP contribution < -0.4 is 5.69 Å². The Balaban J connectivity index is 1.46. The maximum atomic E-state index is 13.9. The van der Waals surface area contributed by atoms with Gasteiger partial charge in [0, 0.05) is 35.3 Å². The molecule has 0 spiro atoms. The van der Waals surface area contributed by atoms with E-state index in [0.29, 0.717) is 12.4 Å². The number of unbranched alkanes of at least 4 members (excludes halogenated alkanes) is 1. The first-order valence-electron chi connectivity index (χ1n) is 14.2. The minimum atomic E-state index is 0.126. The second-order valence-electron chi connectivity index (χ2n) is 10.7. The molecule has 8 heteroatoms. The second kappa shape index (κ2) is 11.5. The van der Waals surface area contributed by atoms with E-state index in [9.17, 15) is 4.79 Å². The van der Waals surface area contributed by atoms with E-state index in [1.54, 1.807) is 0 Å². The van der Waals surface area contributed by atoms with Crippen molar-refractivity contribution in [3.63, 3.8) is 0 Å². The van der Waals surface area contributed by atoms with Crippen molar-refractivity contribution in [2.24, 2.45) is 5.41 Å². The Bertz CT molecular complexity index is 1380. The van der Waals surface area contributed by atoms with Crippen LogP contribution in [0.4, 0.5) is 0 Å². The first kappa shape index (κ1) is 26.1. The molecule has 200 valence electrons. The topological polar surface area (TPSA) is 94.3 Å². The van der Waals surface area contributed by atoms with E-state index in [1.807, 2.05) is 41.1 Å². The standard InChI is InChI=1S/C30H39N7O/c1-4-7-12-23-21-37(27-15-10-11-18-30(27,5-2)6-3)29(38)36(23)20-22-16-17-26(31-19-22)24-13-8-9-14-25(24)28-32-34-35-33-28/h8-9,13-14,16-17,19,21,27H,4-7,10-12,15,18,20H2,1-3H3,(H,32,33,34,35). The molecule has 1 aliphatic rings. The van der Waals surface area contributed by atoms with Gasteiger partial charge in [0.15, 0.2) is 5.82 Å². The van der Waals surface area contributed by atoms with Gasteiger partial charge in [0.25, 0.3) is 0 Å². The van der Waals surface area contributed by atoms with Gasteiger partial charge in [-0.2, -0.15) is 0 Å². The number of nitrogens with one attached hydrogen (secondary N) is 1. The van der Waals surface area contributed by atoms with Crippen LogP contribution in [-0.4, -0.2) is 34.7 Å². The third-order valence-corrected chi connectivity index (χ3v) is 8.70. The molecule has 3 aromatic heterocycles. The van der Waals surface area contributed by atoms with Crippen LogP contribution in [0.2, 0.25) is 0 Å². The summed E-state index contributed by atoms with van der Waals surface area (Å²) in [5.41, 5.74) is 5.19. The number of pyridine rings is 1. The Morgan fingerprint density at radius 3 is 2.55 bits per heavy atom. The van der Waals surface area contributed by atoms with Gasteiger partial charge in [-0.25, -0.2) is 9.89 Å². The maximum absolute atomic E-state index is 13.9. The minimum absolute atomic E-state index is 0.126. The quantitative estimate of drug-likeness (QED) is 0.272. The number of rotatable bonds is 10. The normalized spacial score (nSPS) is 17.1. The van der Waals surface area contributed by atoms with E-state index in [0.717, 1.165) is 66.6 Å². The monoisotopic (exact) mass is 513 g/mol. The molecule has 1 N–H and O–H groups in total. The van der Waals surface area contributed by atoms with E-state index in [4.69, 9.17) is 4.98 Å². The number of hydrogen-bond acceptors (Lipinski definition) is 5. The van der Waals surface area contributed by atoms with E-state index in [-0.39, 0.29) is 17.1 Å². The van der Waals surface area contributed by atoms with Crippen molar-refractivity contribution >= 4 is 0 Å². The van der Waals surface area contributed by atoms with Crippen LogP contribution in [0.1, 0.15) is 89.4 Å². The Kier molecular flexibility index (Phi) is 7.86. The molecule has 1 atom stereocenters. The van der Waals surface area contributed by atoms with E-state index in [1.165, 1.54) is 19.3 Å². The number of hydrogen-bond donors (Lipinski definition) is 1. The zero-order valence-electron chi connectivity index (χ0n) is 22.9. The predicted octanol–water partition coefficient (Wildman–Crippen LogP) is 6.20. The third-order valence-electron chi connectivity index (χ3n) is 8.70. The molecule has 0 saturated heterocycles. The minimum Gasteiger partial charge on any atom is -0.295 e. The van der Waals surface area contributed by atoms with Crippen LogP contribution in [0.25, 0.3) is 22.6 Å². The average Bonchev–Trinajstić information content (AvgIpc) is 3.61. The number of benzene rings is 1. The fourth-order valence-corrected chi connectivity index (χ4v) is 6.34. The van der Waals surface area contributed by atoms with E-state index < -0.39 is 0 Å². The average molecular weight is 514 g/mol. The lowest BCUT2D eigenvalue weighted by Crippen LogP contribution is -2.39. The highest BCUT2D eigenvalue weighted by Crippen LogP contribution is 2.48. The smallest absolute Gasteiger partial charge is 0.295 e. The highest BCUT2D eigenvalue weighted by Gasteiger charge is 2.40. The van der Waals surface area contributed by atoms with Gasteiger partial charge >= 0.3 is 5.69 Å². The molecule has 1 unspecified atom stereocenters. The molecule has 1 aliphatic carbocycles. The lowest BCUT2D eigenvalue weighted by molar-refractivity contribution is 0.0872. The highest BCUT2D eigenvalue weighted by molar-refractivity contribution is 5.78. The summed E-state index contributed by atoms with van der Waals surface area (Å²) in [5, 5.41) is 14.3. The van der Waals surface area contributed by atoms with Gasteiger partial charge in [-0.1, -0.05) is 70.4 Å². The third kappa shape index (κ3) is 4.96. The van der Waals surface area contributed by atoms with Crippen LogP contribution in [0.15, 0.2) is 53.6 Å². The van der Waals surface area contributed by atoms with Crippen molar-refractivity contribution in [2.45, 2.75) is 91.1 Å². The Labute approximate surface area is 224 Å². The van der Waals surface area contributed by atoms with Gasteiger partial charge in [-0.3, -0.25) is 14.1 Å². The Morgan fingerprint density at radius 2 is 1.87 bits per heavy atom. The molecule has 3 heterocycles. The molecule has 5 rings (SSSR count). The van der Waals surface area contributed by atoms with Crippen molar-refractivity contribution in [3.8, 4) is 22.6 Å². The van der Waals surface area contributed by atoms with Crippen LogP contribution in [0, 0.1) is 5.41 Å². The largest absolute Gasteiger partial charge is 0.328 e. The van der Waals surface area contributed by atoms with Crippen molar-refractivity contribution in [2.75, 3.05) is 0 Å². The van der Waals surface area contributed by atoms with Crippen LogP contribution in [-0.2, 0) is 13.0 Å². The lowest BCUT2D eigenvalue weighted by atomic mass is 9.67. The van der Waals surface area contributed by atoms with Gasteiger partial charge in [0.1, 0.15) is 0 Å². The first-order valence-corrected chi connectivity index (χ1v) is 14.2. The van der Waals surface area contributed by atoms with Crippen LogP contribution in [0.5, 0.6) is 0 Å². The van der Waals surface area contributed by atoms with Crippen LogP contribution >= 0.6 is 0 Å². The Hall–Kier alpha value is -3.55. The second-order valence-corrected chi connectivity index (χ2v) is 10.7. The van der Waals surface area contributed by atoms with Gasteiger partial charge in [-0.05, 0) is 66.0 Å². The fourth-order valence-electron chi connectivity index (χ4n) is 6.34. The number of aryl methyl sites for hydroxylation is 1. The molecular weight excluding hydrogens is 474 g/mol. The van der Waals surface area contributed by atoms with Crippen molar-refractivity contribution in [3.05, 3.63) is 70.5 Å². The summed E-state index contributed by atoms with van der Waals surface area (Å²) in [5.74, 6) is 0.609. The van der Waals surface area contributed by atoms with Crippen molar-refractivity contribution in [1.82, 2.24) is 34.7 Å². The molecular formula is C30H39N7O. The predicted molar refractivity (Wildman–Crippen MR) is 150 cm³/mol. The molecule has 1 fully saturated rings. The molecule has 0 radical (unpaired) electrons.